The molecule has 0 radical (unpaired) electrons. The Morgan fingerprint density at radius 3 is 2.68 bits per heavy atom. The van der Waals surface area contributed by atoms with Gasteiger partial charge in [0.15, 0.2) is 0 Å². The molecule has 0 bridgehead atoms. The van der Waals surface area contributed by atoms with Crippen LogP contribution in [0.5, 0.6) is 0 Å². The largest absolute Gasteiger partial charge is 0.346 e. The number of nitrogens with one attached hydrogen (secondary N) is 1. The van der Waals surface area contributed by atoms with E-state index < -0.39 is 0 Å². The van der Waals surface area contributed by atoms with E-state index >= 15 is 0 Å². The zero-order valence-corrected chi connectivity index (χ0v) is 15.8. The Kier molecular flexibility index (Phi) is 5.53. The number of thiophene rings is 1. The minimum absolute atomic E-state index is 0.104. The van der Waals surface area contributed by atoms with Crippen LogP contribution in [-0.4, -0.2) is 21.0 Å². The summed E-state index contributed by atoms with van der Waals surface area (Å²) in [5.74, 6) is 0.456. The number of amides is 1. The summed E-state index contributed by atoms with van der Waals surface area (Å²) in [5.41, 5.74) is 1.81. The van der Waals surface area contributed by atoms with Crippen LogP contribution in [0.25, 0.3) is 10.7 Å². The van der Waals surface area contributed by atoms with Crippen LogP contribution in [0.1, 0.15) is 23.1 Å². The van der Waals surface area contributed by atoms with E-state index in [0.29, 0.717) is 18.1 Å². The molecule has 0 aliphatic rings. The second kappa shape index (κ2) is 8.58. The lowest BCUT2D eigenvalue weighted by Crippen LogP contribution is -2.30. The van der Waals surface area contributed by atoms with Gasteiger partial charge in [0.2, 0.25) is 17.6 Å². The highest BCUT2D eigenvalue weighted by Crippen LogP contribution is 2.22. The van der Waals surface area contributed by atoms with Gasteiger partial charge in [-0.3, -0.25) is 9.78 Å². The summed E-state index contributed by atoms with van der Waals surface area (Å²) in [4.78, 5) is 22.6. The van der Waals surface area contributed by atoms with Gasteiger partial charge in [0.25, 0.3) is 0 Å². The highest BCUT2D eigenvalue weighted by atomic mass is 32.1. The van der Waals surface area contributed by atoms with Gasteiger partial charge in [0.05, 0.1) is 17.3 Å². The van der Waals surface area contributed by atoms with Gasteiger partial charge in [-0.15, -0.1) is 11.3 Å². The second-order valence-electron chi connectivity index (χ2n) is 6.20. The van der Waals surface area contributed by atoms with Crippen LogP contribution in [0, 0.1) is 0 Å². The summed E-state index contributed by atoms with van der Waals surface area (Å²) in [6.07, 6.45) is 2.25. The van der Waals surface area contributed by atoms with E-state index in [4.69, 9.17) is 4.52 Å². The maximum atomic E-state index is 12.9. The molecule has 6 nitrogen and oxygen atoms in total. The van der Waals surface area contributed by atoms with Gasteiger partial charge in [-0.2, -0.15) is 4.98 Å². The number of nitrogens with zero attached hydrogens (tertiary/aromatic N) is 3. The SMILES string of the molecule is O=C(NCc1nc(-c2cccs2)no1)C(Cc1ccccn1)c1ccccc1. The molecule has 1 aromatic carbocycles. The number of rotatable bonds is 7. The Labute approximate surface area is 166 Å². The first-order valence-electron chi connectivity index (χ1n) is 8.88. The average Bonchev–Trinajstić information content (AvgIpc) is 3.43. The molecular weight excluding hydrogens is 372 g/mol. The molecule has 1 N–H and O–H groups in total. The first-order valence-corrected chi connectivity index (χ1v) is 9.76. The Bertz CT molecular complexity index is 1020. The molecule has 28 heavy (non-hydrogen) atoms. The summed E-state index contributed by atoms with van der Waals surface area (Å²) >= 11 is 1.54. The molecule has 1 amide bonds. The lowest BCUT2D eigenvalue weighted by Gasteiger charge is -2.16. The minimum Gasteiger partial charge on any atom is -0.346 e. The van der Waals surface area contributed by atoms with Crippen molar-refractivity contribution in [2.24, 2.45) is 0 Å². The lowest BCUT2D eigenvalue weighted by molar-refractivity contribution is -0.122. The molecule has 4 aromatic rings. The third kappa shape index (κ3) is 4.32. The van der Waals surface area contributed by atoms with E-state index in [1.807, 2.05) is 66.0 Å². The van der Waals surface area contributed by atoms with Crippen molar-refractivity contribution in [3.05, 3.63) is 89.4 Å². The molecule has 0 aliphatic carbocycles. The number of hydrogen-bond acceptors (Lipinski definition) is 6. The van der Waals surface area contributed by atoms with Crippen molar-refractivity contribution in [1.82, 2.24) is 20.4 Å². The minimum atomic E-state index is -0.351. The molecule has 140 valence electrons. The van der Waals surface area contributed by atoms with E-state index in [-0.39, 0.29) is 18.4 Å². The fourth-order valence-electron chi connectivity index (χ4n) is 2.89. The Hall–Kier alpha value is -3.32. The quantitative estimate of drug-likeness (QED) is 0.519. The number of carbonyl (C=O) groups excluding carboxylic acids is 1. The molecule has 0 saturated carbocycles. The van der Waals surface area contributed by atoms with Crippen molar-refractivity contribution in [3.8, 4) is 10.7 Å². The molecule has 0 fully saturated rings. The monoisotopic (exact) mass is 390 g/mol. The maximum absolute atomic E-state index is 12.9. The van der Waals surface area contributed by atoms with Gasteiger partial charge in [0, 0.05) is 18.3 Å². The summed E-state index contributed by atoms with van der Waals surface area (Å²) in [5, 5.41) is 8.84. The van der Waals surface area contributed by atoms with Gasteiger partial charge in [-0.25, -0.2) is 0 Å². The van der Waals surface area contributed by atoms with Gasteiger partial charge in [0.1, 0.15) is 0 Å². The topological polar surface area (TPSA) is 80.9 Å². The maximum Gasteiger partial charge on any atom is 0.246 e. The van der Waals surface area contributed by atoms with Crippen LogP contribution < -0.4 is 5.32 Å². The van der Waals surface area contributed by atoms with E-state index in [1.54, 1.807) is 6.20 Å². The number of hydrogen-bond donors (Lipinski definition) is 1. The van der Waals surface area contributed by atoms with Crippen molar-refractivity contribution in [1.29, 1.82) is 0 Å². The van der Waals surface area contributed by atoms with Crippen LogP contribution in [-0.2, 0) is 17.8 Å². The number of aromatic nitrogens is 3. The summed E-state index contributed by atoms with van der Waals surface area (Å²) in [7, 11) is 0. The summed E-state index contributed by atoms with van der Waals surface area (Å²) in [6, 6.07) is 19.3. The van der Waals surface area contributed by atoms with Crippen LogP contribution in [0.3, 0.4) is 0 Å². The Balaban J connectivity index is 1.46. The highest BCUT2D eigenvalue weighted by molar-refractivity contribution is 7.13. The van der Waals surface area contributed by atoms with Crippen molar-refractivity contribution >= 4 is 17.2 Å². The van der Waals surface area contributed by atoms with Crippen LogP contribution in [0.15, 0.2) is 76.8 Å². The number of carbonyl (C=O) groups is 1. The summed E-state index contributed by atoms with van der Waals surface area (Å²) < 4.78 is 5.26. The summed E-state index contributed by atoms with van der Waals surface area (Å²) in [6.45, 7) is 0.183. The van der Waals surface area contributed by atoms with E-state index in [1.165, 1.54) is 11.3 Å². The molecule has 0 saturated heterocycles. The fourth-order valence-corrected chi connectivity index (χ4v) is 3.54. The van der Waals surface area contributed by atoms with Gasteiger partial charge in [-0.05, 0) is 29.1 Å². The Morgan fingerprint density at radius 1 is 1.07 bits per heavy atom. The van der Waals surface area contributed by atoms with E-state index in [0.717, 1.165) is 16.1 Å². The number of pyridine rings is 1. The zero-order valence-electron chi connectivity index (χ0n) is 15.0. The van der Waals surface area contributed by atoms with Crippen molar-refractivity contribution in [2.75, 3.05) is 0 Å². The van der Waals surface area contributed by atoms with Gasteiger partial charge in [-0.1, -0.05) is 47.6 Å². The van der Waals surface area contributed by atoms with Crippen LogP contribution in [0.2, 0.25) is 0 Å². The molecule has 3 aromatic heterocycles. The Morgan fingerprint density at radius 2 is 1.93 bits per heavy atom. The third-order valence-corrected chi connectivity index (χ3v) is 5.15. The normalized spacial score (nSPS) is 11.9. The van der Waals surface area contributed by atoms with Crippen molar-refractivity contribution in [2.45, 2.75) is 18.9 Å². The molecule has 4 rings (SSSR count). The van der Waals surface area contributed by atoms with Crippen LogP contribution >= 0.6 is 11.3 Å². The second-order valence-corrected chi connectivity index (χ2v) is 7.14. The molecule has 0 spiro atoms. The predicted octanol–water partition coefficient (Wildman–Crippen LogP) is 3.84. The average molecular weight is 390 g/mol. The smallest absolute Gasteiger partial charge is 0.246 e. The van der Waals surface area contributed by atoms with E-state index in [2.05, 4.69) is 20.4 Å². The zero-order chi connectivity index (χ0) is 19.2. The lowest BCUT2D eigenvalue weighted by atomic mass is 9.93. The standard InChI is InChI=1S/C21H18N4O2S/c26-21(23-14-19-24-20(25-27-19)18-10-6-12-28-18)17(15-7-2-1-3-8-15)13-16-9-4-5-11-22-16/h1-12,17H,13-14H2,(H,23,26). The third-order valence-electron chi connectivity index (χ3n) is 4.28. The molecule has 0 aliphatic heterocycles. The van der Waals surface area contributed by atoms with Crippen LogP contribution in [0.4, 0.5) is 0 Å². The van der Waals surface area contributed by atoms with Crippen molar-refractivity contribution < 1.29 is 9.32 Å². The van der Waals surface area contributed by atoms with Crippen molar-refractivity contribution in [3.63, 3.8) is 0 Å². The first kappa shape index (κ1) is 18.1. The van der Waals surface area contributed by atoms with Gasteiger partial charge >= 0.3 is 0 Å². The molecule has 7 heteroatoms. The predicted molar refractivity (Wildman–Crippen MR) is 107 cm³/mol. The fraction of sp³-hybridized carbons (Fsp3) is 0.143. The first-order chi connectivity index (χ1) is 13.8. The molecular formula is C21H18N4O2S. The van der Waals surface area contributed by atoms with E-state index in [9.17, 15) is 4.79 Å². The molecule has 3 heterocycles. The highest BCUT2D eigenvalue weighted by Gasteiger charge is 2.22. The van der Waals surface area contributed by atoms with Gasteiger partial charge < -0.3 is 9.84 Å². The number of benzene rings is 1. The molecule has 1 unspecified atom stereocenters. The molecule has 1 atom stereocenters.